The zero-order chi connectivity index (χ0) is 19.4. The second-order valence-corrected chi connectivity index (χ2v) is 8.28. The van der Waals surface area contributed by atoms with Crippen LogP contribution in [0.1, 0.15) is 16.4 Å². The molecule has 0 aliphatic carbocycles. The first-order valence-corrected chi connectivity index (χ1v) is 9.87. The molecule has 0 aromatic carbocycles. The minimum absolute atomic E-state index is 0.195. The maximum absolute atomic E-state index is 13.8. The van der Waals surface area contributed by atoms with E-state index in [4.69, 9.17) is 5.73 Å². The third kappa shape index (κ3) is 2.60. The number of H-pyrrole nitrogens is 1. The average molecular weight is 416 g/mol. The van der Waals surface area contributed by atoms with E-state index in [1.807, 2.05) is 0 Å². The van der Waals surface area contributed by atoms with E-state index in [0.29, 0.717) is 22.7 Å². The molecule has 0 fully saturated rings. The van der Waals surface area contributed by atoms with Gasteiger partial charge in [-0.1, -0.05) is 11.3 Å². The Morgan fingerprint density at radius 3 is 2.89 bits per heavy atom. The van der Waals surface area contributed by atoms with Crippen LogP contribution in [0, 0.1) is 5.13 Å². The van der Waals surface area contributed by atoms with E-state index in [1.165, 1.54) is 16.0 Å². The van der Waals surface area contributed by atoms with E-state index in [0.717, 1.165) is 27.1 Å². The van der Waals surface area contributed by atoms with Gasteiger partial charge in [0.05, 0.1) is 28.8 Å². The number of halogens is 1. The molecular formula is C16H13FN8OS2. The van der Waals surface area contributed by atoms with Gasteiger partial charge >= 0.3 is 0 Å². The molecule has 0 aliphatic rings. The lowest BCUT2D eigenvalue weighted by molar-refractivity contribution is 0.631. The van der Waals surface area contributed by atoms with E-state index in [-0.39, 0.29) is 22.8 Å². The van der Waals surface area contributed by atoms with Gasteiger partial charge in [0, 0.05) is 25.1 Å². The number of nitrogens with one attached hydrogen (secondary N) is 1. The van der Waals surface area contributed by atoms with E-state index in [2.05, 4.69) is 25.3 Å². The molecule has 0 saturated heterocycles. The molecule has 3 N–H and O–H groups in total. The van der Waals surface area contributed by atoms with Gasteiger partial charge in [0.25, 0.3) is 5.56 Å². The number of fused-ring (bicyclic) bond motifs is 3. The van der Waals surface area contributed by atoms with Gasteiger partial charge in [-0.15, -0.1) is 11.3 Å². The number of nitrogens with two attached hydrogens (primary N) is 1. The molecule has 0 aliphatic heterocycles. The lowest BCUT2D eigenvalue weighted by Crippen LogP contribution is -2.24. The minimum atomic E-state index is -0.398. The molecule has 0 amide bonds. The van der Waals surface area contributed by atoms with Gasteiger partial charge in [-0.05, 0) is 6.07 Å². The standard InChI is InChI=1S/C16H13FN8OS2/c1-24-11-8(5-20-25(15(11)26)6-7-2-3-19-23-7)12-14(24)22-10(27-12)4-9-13(17)28-16(18)21-9/h2-3,5H,4,6H2,1H3,(H2,18,21)(H,19,23). The van der Waals surface area contributed by atoms with E-state index >= 15 is 0 Å². The van der Waals surface area contributed by atoms with Crippen LogP contribution < -0.4 is 11.3 Å². The van der Waals surface area contributed by atoms with Crippen LogP contribution in [0.25, 0.3) is 21.3 Å². The number of thiazole rings is 2. The van der Waals surface area contributed by atoms with Crippen molar-refractivity contribution in [3.8, 4) is 0 Å². The van der Waals surface area contributed by atoms with Crippen LogP contribution in [0.15, 0.2) is 23.3 Å². The molecule has 0 spiro atoms. The van der Waals surface area contributed by atoms with E-state index in [9.17, 15) is 9.18 Å². The average Bonchev–Trinajstić information content (AvgIpc) is 3.40. The molecule has 5 aromatic heterocycles. The number of anilines is 1. The van der Waals surface area contributed by atoms with Crippen LogP contribution in [0.2, 0.25) is 0 Å². The molecule has 0 saturated carbocycles. The number of rotatable bonds is 4. The minimum Gasteiger partial charge on any atom is -0.375 e. The highest BCUT2D eigenvalue weighted by Gasteiger charge is 2.20. The van der Waals surface area contributed by atoms with Crippen LogP contribution in [-0.2, 0) is 20.0 Å². The Hall–Kier alpha value is -3.12. The van der Waals surface area contributed by atoms with Crippen molar-refractivity contribution in [2.75, 3.05) is 5.73 Å². The van der Waals surface area contributed by atoms with Crippen LogP contribution in [0.3, 0.4) is 0 Å². The number of nitrogens with zero attached hydrogens (tertiary/aromatic N) is 6. The Bertz CT molecular complexity index is 1380. The Labute approximate surface area is 164 Å². The normalized spacial score (nSPS) is 11.8. The molecule has 5 heterocycles. The molecule has 0 atom stereocenters. The number of hydrogen-bond donors (Lipinski definition) is 2. The van der Waals surface area contributed by atoms with Crippen molar-refractivity contribution >= 4 is 49.1 Å². The van der Waals surface area contributed by atoms with E-state index < -0.39 is 5.13 Å². The monoisotopic (exact) mass is 416 g/mol. The van der Waals surface area contributed by atoms with Gasteiger partial charge in [-0.25, -0.2) is 14.6 Å². The lowest BCUT2D eigenvalue weighted by atomic mass is 10.3. The molecule has 9 nitrogen and oxygen atoms in total. The summed E-state index contributed by atoms with van der Waals surface area (Å²) in [4.78, 5) is 21.5. The van der Waals surface area contributed by atoms with Crippen LogP contribution in [-0.4, -0.2) is 34.5 Å². The highest BCUT2D eigenvalue weighted by molar-refractivity contribution is 7.19. The van der Waals surface area contributed by atoms with Crippen molar-refractivity contribution in [3.63, 3.8) is 0 Å². The largest absolute Gasteiger partial charge is 0.375 e. The lowest BCUT2D eigenvalue weighted by Gasteiger charge is -2.03. The molecule has 5 aromatic rings. The summed E-state index contributed by atoms with van der Waals surface area (Å²) in [6.45, 7) is 0.302. The Morgan fingerprint density at radius 1 is 1.32 bits per heavy atom. The summed E-state index contributed by atoms with van der Waals surface area (Å²) in [6.07, 6.45) is 3.55. The molecule has 5 rings (SSSR count). The predicted molar refractivity (Wildman–Crippen MR) is 105 cm³/mol. The molecule has 12 heteroatoms. The number of aryl methyl sites for hydroxylation is 1. The van der Waals surface area contributed by atoms with Crippen molar-refractivity contribution in [3.05, 3.63) is 50.3 Å². The maximum Gasteiger partial charge on any atom is 0.291 e. The Balaban J connectivity index is 1.59. The van der Waals surface area contributed by atoms with Gasteiger partial charge < -0.3 is 10.3 Å². The molecule has 28 heavy (non-hydrogen) atoms. The second kappa shape index (κ2) is 6.21. The van der Waals surface area contributed by atoms with Gasteiger partial charge in [-0.2, -0.15) is 14.6 Å². The summed E-state index contributed by atoms with van der Waals surface area (Å²) in [5, 5.41) is 12.2. The van der Waals surface area contributed by atoms with E-state index in [1.54, 1.807) is 30.1 Å². The third-order valence-corrected chi connectivity index (χ3v) is 6.23. The predicted octanol–water partition coefficient (Wildman–Crippen LogP) is 1.88. The number of nitrogen functional groups attached to an aromatic ring is 1. The first kappa shape index (κ1) is 17.0. The number of aromatic amines is 1. The summed E-state index contributed by atoms with van der Waals surface area (Å²) in [6, 6.07) is 1.79. The Kier molecular flexibility index (Phi) is 3.77. The Morgan fingerprint density at radius 2 is 2.18 bits per heavy atom. The first-order valence-electron chi connectivity index (χ1n) is 8.24. The quantitative estimate of drug-likeness (QED) is 0.462. The number of aromatic nitrogens is 7. The second-order valence-electron chi connectivity index (χ2n) is 6.22. The zero-order valence-corrected chi connectivity index (χ0v) is 16.1. The number of hydrogen-bond acceptors (Lipinski definition) is 8. The van der Waals surface area contributed by atoms with Gasteiger partial charge in [0.2, 0.25) is 5.13 Å². The first-order chi connectivity index (χ1) is 13.5. The highest BCUT2D eigenvalue weighted by atomic mass is 32.1. The molecule has 0 radical (unpaired) electrons. The third-order valence-electron chi connectivity index (χ3n) is 4.43. The van der Waals surface area contributed by atoms with Crippen LogP contribution in [0.4, 0.5) is 9.52 Å². The summed E-state index contributed by atoms with van der Waals surface area (Å²) >= 11 is 2.22. The fourth-order valence-electron chi connectivity index (χ4n) is 3.16. The van der Waals surface area contributed by atoms with Gasteiger partial charge in [-0.3, -0.25) is 9.89 Å². The maximum atomic E-state index is 13.8. The molecule has 0 unspecified atom stereocenters. The van der Waals surface area contributed by atoms with Crippen molar-refractivity contribution in [1.29, 1.82) is 0 Å². The van der Waals surface area contributed by atoms with Crippen LogP contribution in [0.5, 0.6) is 0 Å². The summed E-state index contributed by atoms with van der Waals surface area (Å²) in [5.41, 5.74) is 7.61. The summed E-state index contributed by atoms with van der Waals surface area (Å²) in [5.74, 6) is 0. The topological polar surface area (TPSA) is 120 Å². The molecular weight excluding hydrogens is 403 g/mol. The fraction of sp³-hybridized carbons (Fsp3) is 0.188. The van der Waals surface area contributed by atoms with Gasteiger partial charge in [0.15, 0.2) is 10.8 Å². The zero-order valence-electron chi connectivity index (χ0n) is 14.5. The summed E-state index contributed by atoms with van der Waals surface area (Å²) < 4.78 is 17.8. The van der Waals surface area contributed by atoms with Crippen molar-refractivity contribution < 1.29 is 4.39 Å². The van der Waals surface area contributed by atoms with Crippen LogP contribution >= 0.6 is 22.7 Å². The highest BCUT2D eigenvalue weighted by Crippen LogP contribution is 2.32. The van der Waals surface area contributed by atoms with Gasteiger partial charge in [0.1, 0.15) is 10.5 Å². The smallest absolute Gasteiger partial charge is 0.291 e. The fourth-order valence-corrected chi connectivity index (χ4v) is 4.84. The van der Waals surface area contributed by atoms with Crippen molar-refractivity contribution in [2.24, 2.45) is 7.05 Å². The van der Waals surface area contributed by atoms with Crippen molar-refractivity contribution in [2.45, 2.75) is 13.0 Å². The molecule has 0 bridgehead atoms. The molecule has 142 valence electrons. The van der Waals surface area contributed by atoms with Crippen molar-refractivity contribution in [1.82, 2.24) is 34.5 Å². The summed E-state index contributed by atoms with van der Waals surface area (Å²) in [7, 11) is 1.79. The SMILES string of the molecule is Cn1c2nc(Cc3nc(N)sc3F)sc2c2cnn(Cc3ccn[nH]3)c(=O)c21.